The number of fused-ring (bicyclic) bond motifs is 2. The molecule has 1 aromatic carbocycles. The molecule has 7 heteroatoms. The molecule has 3 rings (SSSR count). The van der Waals surface area contributed by atoms with Crippen molar-refractivity contribution in [1.82, 2.24) is 0 Å². The lowest BCUT2D eigenvalue weighted by Crippen LogP contribution is -2.08. The summed E-state index contributed by atoms with van der Waals surface area (Å²) in [5.41, 5.74) is 1.19. The third-order valence-electron chi connectivity index (χ3n) is 3.81. The van der Waals surface area contributed by atoms with Crippen molar-refractivity contribution in [2.24, 2.45) is 0 Å². The van der Waals surface area contributed by atoms with Gasteiger partial charge in [-0.1, -0.05) is 24.0 Å². The number of hydrogen-bond donors (Lipinski definition) is 0. The second-order valence-electron chi connectivity index (χ2n) is 5.66. The Bertz CT molecular complexity index is 1230. The minimum atomic E-state index is -4.22. The zero-order valence-corrected chi connectivity index (χ0v) is 15.3. The van der Waals surface area contributed by atoms with Crippen LogP contribution < -0.4 is 5.63 Å². The lowest BCUT2D eigenvalue weighted by atomic mass is 10.0. The van der Waals surface area contributed by atoms with Crippen molar-refractivity contribution in [1.29, 1.82) is 0 Å². The van der Waals surface area contributed by atoms with E-state index in [0.717, 1.165) is 30.0 Å². The van der Waals surface area contributed by atoms with Gasteiger partial charge in [0.05, 0.1) is 18.7 Å². The van der Waals surface area contributed by atoms with Gasteiger partial charge in [-0.3, -0.25) is 4.18 Å². The first-order valence-corrected chi connectivity index (χ1v) is 9.61. The van der Waals surface area contributed by atoms with Crippen LogP contribution in [0, 0.1) is 18.4 Å². The Labute approximate surface area is 156 Å². The van der Waals surface area contributed by atoms with Gasteiger partial charge in [-0.15, -0.1) is 0 Å². The Morgan fingerprint density at radius 1 is 1.41 bits per heavy atom. The smallest absolute Gasteiger partial charge is 0.342 e. The average Bonchev–Trinajstić information content (AvgIpc) is 2.60. The van der Waals surface area contributed by atoms with Crippen LogP contribution in [0.4, 0.5) is 0 Å². The molecule has 0 saturated heterocycles. The van der Waals surface area contributed by atoms with Gasteiger partial charge in [0.2, 0.25) is 0 Å². The first-order valence-electron chi connectivity index (χ1n) is 8.20. The molecule has 0 N–H and O–H groups in total. The summed E-state index contributed by atoms with van der Waals surface area (Å²) in [4.78, 5) is 15.2. The molecule has 136 valence electrons. The molecule has 0 spiro atoms. The third kappa shape index (κ3) is 4.01. The first-order chi connectivity index (χ1) is 12.9. The Morgan fingerprint density at radius 2 is 2.22 bits per heavy atom. The molecule has 0 radical (unpaired) electrons. The van der Waals surface area contributed by atoms with Crippen LogP contribution in [0.15, 0.2) is 38.5 Å². The largest absolute Gasteiger partial charge is 0.422 e. The van der Waals surface area contributed by atoms with Crippen molar-refractivity contribution >= 4 is 33.2 Å². The molecule has 0 unspecified atom stereocenters. The van der Waals surface area contributed by atoms with Crippen molar-refractivity contribution in [3.8, 4) is 11.8 Å². The molecule has 1 heterocycles. The number of allylic oxidation sites excluding steroid dienone is 1. The molecule has 0 aliphatic heterocycles. The Kier molecular flexibility index (Phi) is 5.27. The number of benzene rings is 1. The van der Waals surface area contributed by atoms with E-state index in [4.69, 9.17) is 11.0 Å². The summed E-state index contributed by atoms with van der Waals surface area (Å²) in [5.74, 6) is 6.11. The van der Waals surface area contributed by atoms with Crippen LogP contribution in [0.5, 0.6) is 0 Å². The highest BCUT2D eigenvalue weighted by atomic mass is 32.2. The molecule has 2 aromatic rings. The standard InChI is InChI=1S/C20H15NO5S/c1-3-25-27(23,24)19(21-2)13-17-11-16-10-14-8-6-4-5-7-9-15(14)12-18(16)26-20(17)22/h6,8,10-13H,3-5H2,1H3/b8-6-,19-13-. The van der Waals surface area contributed by atoms with E-state index in [9.17, 15) is 13.2 Å². The van der Waals surface area contributed by atoms with Gasteiger partial charge in [-0.05, 0) is 43.2 Å². The molecule has 0 saturated carbocycles. The predicted molar refractivity (Wildman–Crippen MR) is 103 cm³/mol. The van der Waals surface area contributed by atoms with Gasteiger partial charge in [0, 0.05) is 17.4 Å². The van der Waals surface area contributed by atoms with Crippen molar-refractivity contribution in [3.05, 3.63) is 67.8 Å². The highest BCUT2D eigenvalue weighted by Crippen LogP contribution is 2.23. The SMILES string of the molecule is [C-]#[N+]/C(=C/c1cc2cc3c(cc2oc1=O)C#CCC/C=C\3)S(=O)(=O)OCC. The second kappa shape index (κ2) is 7.63. The summed E-state index contributed by atoms with van der Waals surface area (Å²) >= 11 is 0. The summed E-state index contributed by atoms with van der Waals surface area (Å²) in [6.45, 7) is 8.47. The summed E-state index contributed by atoms with van der Waals surface area (Å²) in [5, 5.41) is -0.0715. The third-order valence-corrected chi connectivity index (χ3v) is 5.07. The minimum absolute atomic E-state index is 0.0439. The molecule has 0 bridgehead atoms. The van der Waals surface area contributed by atoms with E-state index in [1.807, 2.05) is 18.2 Å². The fourth-order valence-corrected chi connectivity index (χ4v) is 3.39. The average molecular weight is 381 g/mol. The topological polar surface area (TPSA) is 77.9 Å². The van der Waals surface area contributed by atoms with Gasteiger partial charge in [0.15, 0.2) is 0 Å². The molecule has 0 amide bonds. The molecular weight excluding hydrogens is 366 g/mol. The van der Waals surface area contributed by atoms with E-state index in [2.05, 4.69) is 20.9 Å². The van der Waals surface area contributed by atoms with Gasteiger partial charge in [-0.2, -0.15) is 0 Å². The van der Waals surface area contributed by atoms with Gasteiger partial charge < -0.3 is 4.42 Å². The van der Waals surface area contributed by atoms with E-state index in [1.54, 1.807) is 6.07 Å². The van der Waals surface area contributed by atoms with Gasteiger partial charge in [0.1, 0.15) is 5.58 Å². The Morgan fingerprint density at radius 3 is 2.96 bits per heavy atom. The zero-order chi connectivity index (χ0) is 19.4. The maximum Gasteiger partial charge on any atom is 0.342 e. The number of nitrogens with zero attached hydrogens (tertiary/aromatic N) is 1. The summed E-state index contributed by atoms with van der Waals surface area (Å²) < 4.78 is 33.8. The van der Waals surface area contributed by atoms with Crippen LogP contribution in [-0.4, -0.2) is 15.0 Å². The van der Waals surface area contributed by atoms with Gasteiger partial charge >= 0.3 is 20.8 Å². The lowest BCUT2D eigenvalue weighted by molar-refractivity contribution is 0.343. The van der Waals surface area contributed by atoms with Crippen molar-refractivity contribution in [3.63, 3.8) is 0 Å². The van der Waals surface area contributed by atoms with E-state index >= 15 is 0 Å². The quantitative estimate of drug-likeness (QED) is 0.350. The van der Waals surface area contributed by atoms with E-state index in [1.165, 1.54) is 13.0 Å². The van der Waals surface area contributed by atoms with Crippen LogP contribution in [-0.2, 0) is 14.3 Å². The van der Waals surface area contributed by atoms with E-state index in [0.29, 0.717) is 11.0 Å². The lowest BCUT2D eigenvalue weighted by Gasteiger charge is -2.06. The predicted octanol–water partition coefficient (Wildman–Crippen LogP) is 3.54. The fourth-order valence-electron chi connectivity index (χ4n) is 2.58. The summed E-state index contributed by atoms with van der Waals surface area (Å²) in [6, 6.07) is 5.00. The fraction of sp³-hybridized carbons (Fsp3) is 0.200. The maximum absolute atomic E-state index is 12.3. The summed E-state index contributed by atoms with van der Waals surface area (Å²) in [6.07, 6.45) is 6.55. The van der Waals surface area contributed by atoms with Gasteiger partial charge in [-0.25, -0.2) is 18.1 Å². The monoisotopic (exact) mass is 381 g/mol. The molecule has 0 atom stereocenters. The van der Waals surface area contributed by atoms with Crippen LogP contribution in [0.1, 0.15) is 36.5 Å². The van der Waals surface area contributed by atoms with Crippen LogP contribution >= 0.6 is 0 Å². The number of hydrogen-bond acceptors (Lipinski definition) is 5. The Balaban J connectivity index is 2.18. The van der Waals surface area contributed by atoms with Crippen LogP contribution in [0.2, 0.25) is 0 Å². The summed E-state index contributed by atoms with van der Waals surface area (Å²) in [7, 11) is -4.22. The van der Waals surface area contributed by atoms with Crippen molar-refractivity contribution in [2.45, 2.75) is 19.8 Å². The molecule has 1 aliphatic rings. The second-order valence-corrected chi connectivity index (χ2v) is 7.23. The molecule has 1 aliphatic carbocycles. The minimum Gasteiger partial charge on any atom is -0.422 e. The normalized spacial score (nSPS) is 15.0. The highest BCUT2D eigenvalue weighted by molar-refractivity contribution is 7.91. The van der Waals surface area contributed by atoms with E-state index in [-0.39, 0.29) is 12.2 Å². The molecule has 6 nitrogen and oxygen atoms in total. The van der Waals surface area contributed by atoms with Crippen molar-refractivity contribution < 1.29 is 17.0 Å². The molecule has 1 aromatic heterocycles. The number of rotatable bonds is 4. The highest BCUT2D eigenvalue weighted by Gasteiger charge is 2.20. The molecular formula is C20H15NO5S. The van der Waals surface area contributed by atoms with Gasteiger partial charge in [0.25, 0.3) is 0 Å². The molecule has 27 heavy (non-hydrogen) atoms. The zero-order valence-electron chi connectivity index (χ0n) is 14.5. The first kappa shape index (κ1) is 18.7. The molecule has 0 fully saturated rings. The maximum atomic E-state index is 12.3. The Hall–Kier alpha value is -3.13. The van der Waals surface area contributed by atoms with Crippen molar-refractivity contribution in [2.75, 3.05) is 6.61 Å². The van der Waals surface area contributed by atoms with E-state index < -0.39 is 20.8 Å². The van der Waals surface area contributed by atoms with Crippen LogP contribution in [0.3, 0.4) is 0 Å². The van der Waals surface area contributed by atoms with Crippen LogP contribution in [0.25, 0.3) is 28.0 Å².